The fourth-order valence-electron chi connectivity index (χ4n) is 2.12. The van der Waals surface area contributed by atoms with Crippen LogP contribution >= 0.6 is 0 Å². The highest BCUT2D eigenvalue weighted by atomic mass is 16.5. The molecule has 0 saturated carbocycles. The fraction of sp³-hybridized carbons (Fsp3) is 0.571. The molecule has 3 nitrogen and oxygen atoms in total. The van der Waals surface area contributed by atoms with Gasteiger partial charge in [-0.2, -0.15) is 0 Å². The van der Waals surface area contributed by atoms with Crippen LogP contribution in [0.3, 0.4) is 0 Å². The lowest BCUT2D eigenvalue weighted by Gasteiger charge is -2.30. The molecule has 1 aromatic carbocycles. The van der Waals surface area contributed by atoms with Crippen LogP contribution in [0.1, 0.15) is 31.1 Å². The van der Waals surface area contributed by atoms with E-state index in [1.807, 2.05) is 32.0 Å². The molecular formula is C14H20O3. The Bertz CT molecular complexity index is 362. The van der Waals surface area contributed by atoms with Gasteiger partial charge in [0.2, 0.25) is 0 Å². The molecule has 0 fully saturated rings. The largest absolute Gasteiger partial charge is 0.388 e. The summed E-state index contributed by atoms with van der Waals surface area (Å²) < 4.78 is 11.1. The number of aliphatic hydroxyl groups is 1. The summed E-state index contributed by atoms with van der Waals surface area (Å²) in [7, 11) is 0. The van der Waals surface area contributed by atoms with Crippen LogP contribution in [0.2, 0.25) is 0 Å². The average molecular weight is 236 g/mol. The fourth-order valence-corrected chi connectivity index (χ4v) is 2.12. The molecule has 1 aliphatic heterocycles. The number of ether oxygens (including phenoxy) is 2. The zero-order valence-electron chi connectivity index (χ0n) is 10.4. The molecule has 1 aliphatic rings. The topological polar surface area (TPSA) is 38.7 Å². The SMILES string of the molecule is CC(C)OCC(O)C1OCCc2ccccc21. The van der Waals surface area contributed by atoms with E-state index in [9.17, 15) is 5.11 Å². The van der Waals surface area contributed by atoms with E-state index < -0.39 is 6.10 Å². The molecule has 1 N–H and O–H groups in total. The zero-order valence-corrected chi connectivity index (χ0v) is 10.4. The van der Waals surface area contributed by atoms with Crippen molar-refractivity contribution in [3.63, 3.8) is 0 Å². The molecule has 0 spiro atoms. The second-order valence-corrected chi connectivity index (χ2v) is 4.69. The Morgan fingerprint density at radius 1 is 1.41 bits per heavy atom. The van der Waals surface area contributed by atoms with Gasteiger partial charge in [-0.1, -0.05) is 24.3 Å². The molecule has 94 valence electrons. The van der Waals surface area contributed by atoms with Crippen LogP contribution in [0.5, 0.6) is 0 Å². The van der Waals surface area contributed by atoms with E-state index in [2.05, 4.69) is 6.07 Å². The molecule has 2 atom stereocenters. The molecule has 0 bridgehead atoms. The van der Waals surface area contributed by atoms with Gasteiger partial charge in [0, 0.05) is 0 Å². The first kappa shape index (κ1) is 12.6. The first-order chi connectivity index (χ1) is 8.18. The summed E-state index contributed by atoms with van der Waals surface area (Å²) in [6.07, 6.45) is 0.200. The minimum Gasteiger partial charge on any atom is -0.388 e. The maximum absolute atomic E-state index is 10.1. The van der Waals surface area contributed by atoms with E-state index in [0.29, 0.717) is 13.2 Å². The smallest absolute Gasteiger partial charge is 0.111 e. The molecule has 2 unspecified atom stereocenters. The number of hydrogen-bond donors (Lipinski definition) is 1. The summed E-state index contributed by atoms with van der Waals surface area (Å²) in [5.41, 5.74) is 2.37. The molecule has 0 aromatic heterocycles. The second kappa shape index (κ2) is 5.63. The molecule has 1 aromatic rings. The van der Waals surface area contributed by atoms with Crippen molar-refractivity contribution < 1.29 is 14.6 Å². The molecule has 0 saturated heterocycles. The number of benzene rings is 1. The Labute approximate surface area is 102 Å². The summed E-state index contributed by atoms with van der Waals surface area (Å²) >= 11 is 0. The number of rotatable bonds is 4. The van der Waals surface area contributed by atoms with Gasteiger partial charge < -0.3 is 14.6 Å². The Kier molecular flexibility index (Phi) is 4.15. The van der Waals surface area contributed by atoms with Gasteiger partial charge in [-0.3, -0.25) is 0 Å². The third-order valence-corrected chi connectivity index (χ3v) is 2.98. The maximum atomic E-state index is 10.1. The molecular weight excluding hydrogens is 216 g/mol. The third kappa shape index (κ3) is 3.06. The van der Waals surface area contributed by atoms with Gasteiger partial charge in [-0.25, -0.2) is 0 Å². The third-order valence-electron chi connectivity index (χ3n) is 2.98. The molecule has 0 amide bonds. The van der Waals surface area contributed by atoms with E-state index in [4.69, 9.17) is 9.47 Å². The summed E-state index contributed by atoms with van der Waals surface area (Å²) in [4.78, 5) is 0. The molecule has 17 heavy (non-hydrogen) atoms. The first-order valence-electron chi connectivity index (χ1n) is 6.17. The van der Waals surface area contributed by atoms with Crippen molar-refractivity contribution in [2.24, 2.45) is 0 Å². The minimum absolute atomic E-state index is 0.128. The maximum Gasteiger partial charge on any atom is 0.111 e. The van der Waals surface area contributed by atoms with E-state index in [1.165, 1.54) is 5.56 Å². The van der Waals surface area contributed by atoms with Crippen LogP contribution in [0, 0.1) is 0 Å². The van der Waals surface area contributed by atoms with E-state index in [0.717, 1.165) is 12.0 Å². The van der Waals surface area contributed by atoms with Crippen molar-refractivity contribution in [1.29, 1.82) is 0 Å². The van der Waals surface area contributed by atoms with Gasteiger partial charge in [0.1, 0.15) is 12.2 Å². The van der Waals surface area contributed by atoms with Gasteiger partial charge >= 0.3 is 0 Å². The Balaban J connectivity index is 2.07. The van der Waals surface area contributed by atoms with Crippen molar-refractivity contribution in [3.05, 3.63) is 35.4 Å². The Morgan fingerprint density at radius 3 is 2.94 bits per heavy atom. The van der Waals surface area contributed by atoms with Gasteiger partial charge in [0.25, 0.3) is 0 Å². The summed E-state index contributed by atoms with van der Waals surface area (Å²) in [6, 6.07) is 8.13. The number of fused-ring (bicyclic) bond motifs is 1. The Morgan fingerprint density at radius 2 is 2.18 bits per heavy atom. The lowest BCUT2D eigenvalue weighted by Crippen LogP contribution is -2.31. The molecule has 1 heterocycles. The summed E-state index contributed by atoms with van der Waals surface area (Å²) in [6.45, 7) is 4.90. The highest BCUT2D eigenvalue weighted by Crippen LogP contribution is 2.29. The minimum atomic E-state index is -0.598. The summed E-state index contributed by atoms with van der Waals surface area (Å²) in [5, 5.41) is 10.1. The van der Waals surface area contributed by atoms with Crippen molar-refractivity contribution in [1.82, 2.24) is 0 Å². The quantitative estimate of drug-likeness (QED) is 0.870. The van der Waals surface area contributed by atoms with Crippen molar-refractivity contribution in [2.75, 3.05) is 13.2 Å². The van der Waals surface area contributed by atoms with Crippen LogP contribution in [0.25, 0.3) is 0 Å². The predicted molar refractivity (Wildman–Crippen MR) is 65.9 cm³/mol. The molecule has 3 heteroatoms. The van der Waals surface area contributed by atoms with E-state index >= 15 is 0 Å². The van der Waals surface area contributed by atoms with Crippen LogP contribution in [-0.4, -0.2) is 30.5 Å². The monoisotopic (exact) mass is 236 g/mol. The van der Waals surface area contributed by atoms with E-state index in [-0.39, 0.29) is 12.2 Å². The van der Waals surface area contributed by atoms with Crippen LogP contribution in [0.15, 0.2) is 24.3 Å². The lowest BCUT2D eigenvalue weighted by molar-refractivity contribution is -0.0882. The van der Waals surface area contributed by atoms with Crippen LogP contribution in [0.4, 0.5) is 0 Å². The van der Waals surface area contributed by atoms with Gasteiger partial charge in [0.15, 0.2) is 0 Å². The van der Waals surface area contributed by atoms with Crippen molar-refractivity contribution in [2.45, 2.75) is 38.6 Å². The normalized spacial score (nSPS) is 21.3. The first-order valence-corrected chi connectivity index (χ1v) is 6.17. The van der Waals surface area contributed by atoms with Crippen LogP contribution < -0.4 is 0 Å². The number of aliphatic hydroxyl groups excluding tert-OH is 1. The summed E-state index contributed by atoms with van der Waals surface area (Å²) in [5.74, 6) is 0. The lowest BCUT2D eigenvalue weighted by atomic mass is 9.95. The Hall–Kier alpha value is -0.900. The number of hydrogen-bond acceptors (Lipinski definition) is 3. The standard InChI is InChI=1S/C14H20O3/c1-10(2)17-9-13(15)14-12-6-4-3-5-11(12)7-8-16-14/h3-6,10,13-15H,7-9H2,1-2H3. The molecule has 0 aliphatic carbocycles. The zero-order chi connectivity index (χ0) is 12.3. The van der Waals surface area contributed by atoms with Crippen molar-refractivity contribution >= 4 is 0 Å². The van der Waals surface area contributed by atoms with Gasteiger partial charge in [-0.05, 0) is 31.4 Å². The molecule has 2 rings (SSSR count). The van der Waals surface area contributed by atoms with Gasteiger partial charge in [-0.15, -0.1) is 0 Å². The second-order valence-electron chi connectivity index (χ2n) is 4.69. The average Bonchev–Trinajstić information content (AvgIpc) is 2.35. The highest BCUT2D eigenvalue weighted by molar-refractivity contribution is 5.31. The van der Waals surface area contributed by atoms with Crippen molar-refractivity contribution in [3.8, 4) is 0 Å². The molecule has 0 radical (unpaired) electrons. The van der Waals surface area contributed by atoms with Gasteiger partial charge in [0.05, 0.1) is 19.3 Å². The van der Waals surface area contributed by atoms with E-state index in [1.54, 1.807) is 0 Å². The predicted octanol–water partition coefficient (Wildman–Crippen LogP) is 2.09. The highest BCUT2D eigenvalue weighted by Gasteiger charge is 2.27. The van der Waals surface area contributed by atoms with Crippen LogP contribution in [-0.2, 0) is 15.9 Å².